The maximum Gasteiger partial charge on any atom is 0.223 e. The zero-order chi connectivity index (χ0) is 22.3. The smallest absolute Gasteiger partial charge is 0.223 e. The molecular formula is C27H35N3O2. The molecule has 5 nitrogen and oxygen atoms in total. The van der Waals surface area contributed by atoms with Gasteiger partial charge in [-0.15, -0.1) is 0 Å². The topological polar surface area (TPSA) is 56.1 Å². The summed E-state index contributed by atoms with van der Waals surface area (Å²) < 4.78 is 8.20. The SMILES string of the molecule is CCc1ccc(OCCCn2c(C(C)NC(=O)C3CCCCC3)nc3ccccc32)cc1. The lowest BCUT2D eigenvalue weighted by molar-refractivity contribution is -0.126. The average Bonchev–Trinajstić information content (AvgIpc) is 3.21. The van der Waals surface area contributed by atoms with Gasteiger partial charge in [0.25, 0.3) is 0 Å². The van der Waals surface area contributed by atoms with Crippen molar-refractivity contribution in [2.24, 2.45) is 5.92 Å². The van der Waals surface area contributed by atoms with E-state index in [0.29, 0.717) is 6.61 Å². The van der Waals surface area contributed by atoms with Crippen molar-refractivity contribution in [2.45, 2.75) is 71.4 Å². The van der Waals surface area contributed by atoms with Crippen molar-refractivity contribution in [1.82, 2.24) is 14.9 Å². The summed E-state index contributed by atoms with van der Waals surface area (Å²) in [4.78, 5) is 17.7. The van der Waals surface area contributed by atoms with E-state index in [1.165, 1.54) is 12.0 Å². The molecule has 2 aromatic carbocycles. The van der Waals surface area contributed by atoms with Crippen LogP contribution in [0.2, 0.25) is 0 Å². The van der Waals surface area contributed by atoms with E-state index in [4.69, 9.17) is 9.72 Å². The number of hydrogen-bond donors (Lipinski definition) is 1. The number of fused-ring (bicyclic) bond motifs is 1. The molecule has 4 rings (SSSR count). The fraction of sp³-hybridized carbons (Fsp3) is 0.481. The molecule has 0 bridgehead atoms. The minimum atomic E-state index is -0.126. The van der Waals surface area contributed by atoms with E-state index in [-0.39, 0.29) is 17.9 Å². The first-order valence-corrected chi connectivity index (χ1v) is 12.1. The van der Waals surface area contributed by atoms with Crippen LogP contribution in [0, 0.1) is 5.92 Å². The Balaban J connectivity index is 1.41. The van der Waals surface area contributed by atoms with E-state index >= 15 is 0 Å². The second-order valence-electron chi connectivity index (χ2n) is 8.88. The molecule has 5 heteroatoms. The summed E-state index contributed by atoms with van der Waals surface area (Å²) in [5, 5.41) is 3.24. The van der Waals surface area contributed by atoms with Crippen LogP contribution >= 0.6 is 0 Å². The molecule has 0 spiro atoms. The standard InChI is InChI=1S/C27H35N3O2/c1-3-21-14-16-23(17-15-21)32-19-9-18-30-25-13-8-7-12-24(25)29-26(30)20(2)28-27(31)22-10-5-4-6-11-22/h7-8,12-17,20,22H,3-6,9-11,18-19H2,1-2H3,(H,28,31). The highest BCUT2D eigenvalue weighted by atomic mass is 16.5. The van der Waals surface area contributed by atoms with Crippen molar-refractivity contribution in [3.05, 3.63) is 59.9 Å². The lowest BCUT2D eigenvalue weighted by Gasteiger charge is -2.23. The molecule has 1 unspecified atom stereocenters. The van der Waals surface area contributed by atoms with Gasteiger partial charge in [0.1, 0.15) is 11.6 Å². The van der Waals surface area contributed by atoms with Crippen LogP contribution in [-0.2, 0) is 17.8 Å². The second-order valence-corrected chi connectivity index (χ2v) is 8.88. The molecule has 1 atom stereocenters. The monoisotopic (exact) mass is 433 g/mol. The molecule has 0 aliphatic heterocycles. The Kier molecular flexibility index (Phi) is 7.46. The van der Waals surface area contributed by atoms with Gasteiger partial charge in [-0.2, -0.15) is 0 Å². The van der Waals surface area contributed by atoms with Crippen molar-refractivity contribution >= 4 is 16.9 Å². The van der Waals surface area contributed by atoms with Gasteiger partial charge < -0.3 is 14.6 Å². The van der Waals surface area contributed by atoms with Crippen molar-refractivity contribution < 1.29 is 9.53 Å². The number of amides is 1. The van der Waals surface area contributed by atoms with Crippen LogP contribution in [0.25, 0.3) is 11.0 Å². The highest BCUT2D eigenvalue weighted by molar-refractivity contribution is 5.80. The molecular weight excluding hydrogens is 398 g/mol. The van der Waals surface area contributed by atoms with E-state index in [1.54, 1.807) is 0 Å². The number of nitrogens with zero attached hydrogens (tertiary/aromatic N) is 2. The van der Waals surface area contributed by atoms with Gasteiger partial charge >= 0.3 is 0 Å². The zero-order valence-corrected chi connectivity index (χ0v) is 19.3. The summed E-state index contributed by atoms with van der Waals surface area (Å²) in [6.45, 7) is 5.64. The lowest BCUT2D eigenvalue weighted by atomic mass is 9.88. The molecule has 1 aromatic heterocycles. The van der Waals surface area contributed by atoms with Crippen LogP contribution in [0.5, 0.6) is 5.75 Å². The van der Waals surface area contributed by atoms with Gasteiger partial charge in [-0.3, -0.25) is 4.79 Å². The minimum Gasteiger partial charge on any atom is -0.494 e. The minimum absolute atomic E-state index is 0.126. The number of benzene rings is 2. The molecule has 32 heavy (non-hydrogen) atoms. The summed E-state index contributed by atoms with van der Waals surface area (Å²) in [7, 11) is 0. The average molecular weight is 434 g/mol. The summed E-state index contributed by atoms with van der Waals surface area (Å²) in [5.74, 6) is 2.15. The Bertz CT molecular complexity index is 1020. The van der Waals surface area contributed by atoms with Crippen LogP contribution in [0.3, 0.4) is 0 Å². The Morgan fingerprint density at radius 2 is 1.88 bits per heavy atom. The number of aromatic nitrogens is 2. The Hall–Kier alpha value is -2.82. The number of nitrogens with one attached hydrogen (secondary N) is 1. The quantitative estimate of drug-likeness (QED) is 0.432. The number of rotatable bonds is 9. The number of hydrogen-bond acceptors (Lipinski definition) is 3. The zero-order valence-electron chi connectivity index (χ0n) is 19.3. The first-order valence-electron chi connectivity index (χ1n) is 12.1. The van der Waals surface area contributed by atoms with Gasteiger partial charge in [0.15, 0.2) is 0 Å². The van der Waals surface area contributed by atoms with Gasteiger partial charge in [-0.25, -0.2) is 4.98 Å². The number of carbonyl (C=O) groups excluding carboxylic acids is 1. The van der Waals surface area contributed by atoms with Crippen molar-refractivity contribution in [3.8, 4) is 5.75 Å². The van der Waals surface area contributed by atoms with E-state index < -0.39 is 0 Å². The van der Waals surface area contributed by atoms with Crippen molar-refractivity contribution in [2.75, 3.05) is 6.61 Å². The third-order valence-electron chi connectivity index (χ3n) is 6.53. The first kappa shape index (κ1) is 22.4. The van der Waals surface area contributed by atoms with Crippen LogP contribution < -0.4 is 10.1 Å². The normalized spacial score (nSPS) is 15.6. The van der Waals surface area contributed by atoms with Gasteiger partial charge in [0.05, 0.1) is 23.7 Å². The van der Waals surface area contributed by atoms with Crippen LogP contribution in [0.4, 0.5) is 0 Å². The fourth-order valence-electron chi connectivity index (χ4n) is 4.65. The van der Waals surface area contributed by atoms with Gasteiger partial charge in [-0.05, 0) is 62.4 Å². The third-order valence-corrected chi connectivity index (χ3v) is 6.53. The second kappa shape index (κ2) is 10.7. The summed E-state index contributed by atoms with van der Waals surface area (Å²) in [6, 6.07) is 16.4. The molecule has 0 radical (unpaired) electrons. The number of aryl methyl sites for hydroxylation is 2. The number of imidazole rings is 1. The highest BCUT2D eigenvalue weighted by Crippen LogP contribution is 2.26. The van der Waals surface area contributed by atoms with Gasteiger partial charge in [0, 0.05) is 12.5 Å². The maximum atomic E-state index is 12.8. The molecule has 1 saturated carbocycles. The fourth-order valence-corrected chi connectivity index (χ4v) is 4.65. The van der Waals surface area contributed by atoms with Gasteiger partial charge in [0.2, 0.25) is 5.91 Å². The van der Waals surface area contributed by atoms with Crippen LogP contribution in [-0.4, -0.2) is 22.1 Å². The number of ether oxygens (including phenoxy) is 1. The predicted molar refractivity (Wildman–Crippen MR) is 129 cm³/mol. The first-order chi connectivity index (χ1) is 15.7. The van der Waals surface area contributed by atoms with E-state index in [9.17, 15) is 4.79 Å². The Morgan fingerprint density at radius 1 is 1.12 bits per heavy atom. The van der Waals surface area contributed by atoms with E-state index in [1.807, 2.05) is 37.3 Å². The molecule has 1 N–H and O–H groups in total. The van der Waals surface area contributed by atoms with E-state index in [0.717, 1.165) is 67.7 Å². The Morgan fingerprint density at radius 3 is 2.62 bits per heavy atom. The summed E-state index contributed by atoms with van der Waals surface area (Å²) in [6.07, 6.45) is 7.48. The summed E-state index contributed by atoms with van der Waals surface area (Å²) in [5.41, 5.74) is 3.39. The summed E-state index contributed by atoms with van der Waals surface area (Å²) >= 11 is 0. The number of para-hydroxylation sites is 2. The molecule has 1 fully saturated rings. The third kappa shape index (κ3) is 5.32. The Labute approximate surface area is 191 Å². The van der Waals surface area contributed by atoms with Crippen molar-refractivity contribution in [1.29, 1.82) is 0 Å². The lowest BCUT2D eigenvalue weighted by Crippen LogP contribution is -2.35. The number of carbonyl (C=O) groups is 1. The molecule has 170 valence electrons. The predicted octanol–water partition coefficient (Wildman–Crippen LogP) is 5.83. The van der Waals surface area contributed by atoms with E-state index in [2.05, 4.69) is 35.0 Å². The molecule has 1 aliphatic rings. The largest absolute Gasteiger partial charge is 0.494 e. The molecule has 0 saturated heterocycles. The molecule has 3 aromatic rings. The molecule has 1 amide bonds. The van der Waals surface area contributed by atoms with Crippen molar-refractivity contribution in [3.63, 3.8) is 0 Å². The molecule has 1 aliphatic carbocycles. The van der Waals surface area contributed by atoms with Crippen LogP contribution in [0.1, 0.15) is 69.8 Å². The van der Waals surface area contributed by atoms with Gasteiger partial charge in [-0.1, -0.05) is 50.5 Å². The maximum absolute atomic E-state index is 12.8. The van der Waals surface area contributed by atoms with Crippen LogP contribution in [0.15, 0.2) is 48.5 Å². The highest BCUT2D eigenvalue weighted by Gasteiger charge is 2.24. The molecule has 1 heterocycles.